The van der Waals surface area contributed by atoms with Gasteiger partial charge in [0.2, 0.25) is 0 Å². The van der Waals surface area contributed by atoms with Crippen LogP contribution < -0.4 is 5.32 Å². The summed E-state index contributed by atoms with van der Waals surface area (Å²) in [4.78, 5) is 17.8. The molecule has 2 rings (SSSR count). The third-order valence-corrected chi connectivity index (χ3v) is 5.34. The second-order valence-electron chi connectivity index (χ2n) is 5.35. The van der Waals surface area contributed by atoms with E-state index in [1.165, 1.54) is 11.8 Å². The van der Waals surface area contributed by atoms with Crippen molar-refractivity contribution in [1.82, 2.24) is 15.2 Å². The van der Waals surface area contributed by atoms with Gasteiger partial charge in [-0.2, -0.15) is 0 Å². The summed E-state index contributed by atoms with van der Waals surface area (Å²) in [7, 11) is -3.08. The molecule has 1 aromatic heterocycles. The highest BCUT2D eigenvalue weighted by Gasteiger charge is 2.32. The molecule has 1 aliphatic heterocycles. The van der Waals surface area contributed by atoms with Crippen LogP contribution in [0.15, 0.2) is 18.3 Å². The van der Waals surface area contributed by atoms with E-state index in [1.807, 2.05) is 12.1 Å². The summed E-state index contributed by atoms with van der Waals surface area (Å²) >= 11 is 0. The zero-order valence-corrected chi connectivity index (χ0v) is 13.2. The molecule has 0 saturated carbocycles. The summed E-state index contributed by atoms with van der Waals surface area (Å²) in [6, 6.07) is 3.68. The zero-order valence-electron chi connectivity index (χ0n) is 12.4. The van der Waals surface area contributed by atoms with Crippen LogP contribution in [-0.2, 0) is 22.8 Å². The van der Waals surface area contributed by atoms with Crippen LogP contribution in [0.5, 0.6) is 0 Å². The van der Waals surface area contributed by atoms with Gasteiger partial charge >= 0.3 is 6.03 Å². The number of hydrogen-bond acceptors (Lipinski definition) is 4. The number of sulfone groups is 1. The van der Waals surface area contributed by atoms with E-state index in [4.69, 9.17) is 0 Å². The highest BCUT2D eigenvalue weighted by atomic mass is 32.2. The minimum atomic E-state index is -3.08. The molecule has 0 spiro atoms. The minimum Gasteiger partial charge on any atom is -0.332 e. The van der Waals surface area contributed by atoms with Gasteiger partial charge in [-0.15, -0.1) is 0 Å². The first-order valence-corrected chi connectivity index (χ1v) is 9.01. The molecular formula is C14H21N3O3S. The first-order chi connectivity index (χ1) is 9.90. The molecule has 0 aliphatic carbocycles. The van der Waals surface area contributed by atoms with Crippen molar-refractivity contribution in [2.45, 2.75) is 31.6 Å². The first-order valence-electron chi connectivity index (χ1n) is 7.05. The van der Waals surface area contributed by atoms with Gasteiger partial charge in [0.15, 0.2) is 9.84 Å². The number of aryl methyl sites for hydroxylation is 1. The van der Waals surface area contributed by atoms with E-state index < -0.39 is 15.1 Å². The number of urea groups is 1. The lowest BCUT2D eigenvalue weighted by atomic mass is 10.2. The molecule has 116 valence electrons. The van der Waals surface area contributed by atoms with E-state index >= 15 is 0 Å². The standard InChI is InChI=1S/C14H21N3O3S/c1-3-11-4-6-15-12(8-11)9-16-14(18)17-7-5-13(10-17)21(2,19)20/h4,6,8,13H,3,5,7,9-10H2,1-2H3,(H,16,18)/t13-/m0/s1. The summed E-state index contributed by atoms with van der Waals surface area (Å²) < 4.78 is 23.0. The lowest BCUT2D eigenvalue weighted by Gasteiger charge is -2.17. The normalized spacial score (nSPS) is 18.8. The van der Waals surface area contributed by atoms with Crippen LogP contribution in [-0.4, -0.2) is 48.9 Å². The van der Waals surface area contributed by atoms with Gasteiger partial charge in [0.25, 0.3) is 0 Å². The Morgan fingerprint density at radius 2 is 2.29 bits per heavy atom. The van der Waals surface area contributed by atoms with Crippen molar-refractivity contribution in [2.24, 2.45) is 0 Å². The lowest BCUT2D eigenvalue weighted by Crippen LogP contribution is -2.39. The Balaban J connectivity index is 1.88. The maximum absolute atomic E-state index is 12.0. The maximum atomic E-state index is 12.0. The molecule has 6 nitrogen and oxygen atoms in total. The van der Waals surface area contributed by atoms with Crippen LogP contribution in [0.25, 0.3) is 0 Å². The number of likely N-dealkylation sites (tertiary alicyclic amines) is 1. The van der Waals surface area contributed by atoms with Crippen LogP contribution in [0.4, 0.5) is 4.79 Å². The van der Waals surface area contributed by atoms with Crippen LogP contribution in [0, 0.1) is 0 Å². The fraction of sp³-hybridized carbons (Fsp3) is 0.571. The van der Waals surface area contributed by atoms with E-state index in [0.29, 0.717) is 19.5 Å². The number of carbonyl (C=O) groups is 1. The number of amides is 2. The minimum absolute atomic E-state index is 0.232. The van der Waals surface area contributed by atoms with Gasteiger partial charge in [-0.3, -0.25) is 4.98 Å². The number of hydrogen-bond donors (Lipinski definition) is 1. The highest BCUT2D eigenvalue weighted by Crippen LogP contribution is 2.16. The largest absolute Gasteiger partial charge is 0.332 e. The average molecular weight is 311 g/mol. The second-order valence-corrected chi connectivity index (χ2v) is 7.68. The Labute approximate surface area is 125 Å². The molecule has 0 radical (unpaired) electrons. The van der Waals surface area contributed by atoms with E-state index in [1.54, 1.807) is 11.1 Å². The first kappa shape index (κ1) is 15.8. The SMILES string of the molecule is CCc1ccnc(CNC(=O)N2CC[C@H](S(C)(=O)=O)C2)c1. The van der Waals surface area contributed by atoms with Gasteiger partial charge in [-0.1, -0.05) is 6.92 Å². The van der Waals surface area contributed by atoms with Crippen molar-refractivity contribution in [2.75, 3.05) is 19.3 Å². The molecule has 1 fully saturated rings. The Kier molecular flexibility index (Phi) is 4.82. The molecule has 2 amide bonds. The van der Waals surface area contributed by atoms with Crippen molar-refractivity contribution >= 4 is 15.9 Å². The summed E-state index contributed by atoms with van der Waals surface area (Å²) in [6.45, 7) is 3.17. The van der Waals surface area contributed by atoms with Gasteiger partial charge < -0.3 is 10.2 Å². The molecule has 0 aromatic carbocycles. The fourth-order valence-electron chi connectivity index (χ4n) is 2.38. The summed E-state index contributed by atoms with van der Waals surface area (Å²) in [6.07, 6.45) is 4.39. The highest BCUT2D eigenvalue weighted by molar-refractivity contribution is 7.91. The summed E-state index contributed by atoms with van der Waals surface area (Å²) in [5.41, 5.74) is 1.98. The summed E-state index contributed by atoms with van der Waals surface area (Å²) in [5.74, 6) is 0. The van der Waals surface area contributed by atoms with Gasteiger partial charge in [-0.05, 0) is 30.5 Å². The molecule has 1 atom stereocenters. The van der Waals surface area contributed by atoms with Gasteiger partial charge in [0.05, 0.1) is 17.5 Å². The Bertz CT molecular complexity index is 616. The van der Waals surface area contributed by atoms with E-state index in [-0.39, 0.29) is 12.6 Å². The number of aromatic nitrogens is 1. The Morgan fingerprint density at radius 1 is 1.52 bits per heavy atom. The predicted molar refractivity (Wildman–Crippen MR) is 80.7 cm³/mol. The van der Waals surface area contributed by atoms with Crippen molar-refractivity contribution in [3.05, 3.63) is 29.6 Å². The maximum Gasteiger partial charge on any atom is 0.317 e. The molecule has 0 unspecified atom stereocenters. The molecule has 1 aromatic rings. The van der Waals surface area contributed by atoms with Gasteiger partial charge in [0.1, 0.15) is 0 Å². The molecule has 7 heteroatoms. The molecule has 1 saturated heterocycles. The predicted octanol–water partition coefficient (Wildman–Crippen LogP) is 0.972. The van der Waals surface area contributed by atoms with E-state index in [2.05, 4.69) is 17.2 Å². The topological polar surface area (TPSA) is 79.4 Å². The quantitative estimate of drug-likeness (QED) is 0.898. The molecule has 2 heterocycles. The molecule has 1 aliphatic rings. The Hall–Kier alpha value is -1.63. The summed E-state index contributed by atoms with van der Waals surface area (Å²) in [5, 5.41) is 2.35. The zero-order chi connectivity index (χ0) is 15.5. The number of nitrogens with one attached hydrogen (secondary N) is 1. The van der Waals surface area contributed by atoms with Gasteiger partial charge in [0, 0.05) is 25.5 Å². The van der Waals surface area contributed by atoms with Crippen molar-refractivity contribution in [3.63, 3.8) is 0 Å². The third kappa shape index (κ3) is 4.17. The van der Waals surface area contributed by atoms with Crippen LogP contribution in [0.3, 0.4) is 0 Å². The van der Waals surface area contributed by atoms with Crippen LogP contribution in [0.1, 0.15) is 24.6 Å². The van der Waals surface area contributed by atoms with E-state index in [9.17, 15) is 13.2 Å². The number of rotatable bonds is 4. The Morgan fingerprint density at radius 3 is 2.90 bits per heavy atom. The van der Waals surface area contributed by atoms with Crippen LogP contribution in [0.2, 0.25) is 0 Å². The third-order valence-electron chi connectivity index (χ3n) is 3.75. The average Bonchev–Trinajstić information content (AvgIpc) is 2.95. The molecule has 21 heavy (non-hydrogen) atoms. The lowest BCUT2D eigenvalue weighted by molar-refractivity contribution is 0.208. The number of pyridine rings is 1. The number of carbonyl (C=O) groups excluding carboxylic acids is 1. The smallest absolute Gasteiger partial charge is 0.317 e. The monoisotopic (exact) mass is 311 g/mol. The van der Waals surface area contributed by atoms with Crippen LogP contribution >= 0.6 is 0 Å². The molecular weight excluding hydrogens is 290 g/mol. The fourth-order valence-corrected chi connectivity index (χ4v) is 3.37. The van der Waals surface area contributed by atoms with Crippen molar-refractivity contribution in [1.29, 1.82) is 0 Å². The van der Waals surface area contributed by atoms with Crippen molar-refractivity contribution < 1.29 is 13.2 Å². The molecule has 0 bridgehead atoms. The van der Waals surface area contributed by atoms with Gasteiger partial charge in [-0.25, -0.2) is 13.2 Å². The molecule has 1 N–H and O–H groups in total. The second kappa shape index (κ2) is 6.43. The van der Waals surface area contributed by atoms with E-state index in [0.717, 1.165) is 12.1 Å². The number of nitrogens with zero attached hydrogens (tertiary/aromatic N) is 2. The van der Waals surface area contributed by atoms with Crippen molar-refractivity contribution in [3.8, 4) is 0 Å².